The van der Waals surface area contributed by atoms with E-state index in [-0.39, 0.29) is 12.3 Å². The maximum atomic E-state index is 11.6. The van der Waals surface area contributed by atoms with Gasteiger partial charge in [0.2, 0.25) is 5.91 Å². The lowest BCUT2D eigenvalue weighted by Crippen LogP contribution is -2.24. The molecule has 1 aromatic rings. The smallest absolute Gasteiger partial charge is 0.303 e. The molecule has 0 radical (unpaired) electrons. The lowest BCUT2D eigenvalue weighted by Gasteiger charge is -2.05. The topological polar surface area (TPSA) is 66.4 Å². The molecule has 0 aliphatic heterocycles. The molecule has 0 heterocycles. The number of nitrogens with one attached hydrogen (secondary N) is 1. The molecule has 0 unspecified atom stereocenters. The molecule has 0 bridgehead atoms. The first-order chi connectivity index (χ1) is 9.18. The predicted molar refractivity (Wildman–Crippen MR) is 73.9 cm³/mol. The summed E-state index contributed by atoms with van der Waals surface area (Å²) in [6.07, 6.45) is 3.82. The van der Waals surface area contributed by atoms with Gasteiger partial charge in [-0.15, -0.1) is 0 Å². The van der Waals surface area contributed by atoms with E-state index in [0.29, 0.717) is 19.4 Å². The van der Waals surface area contributed by atoms with Crippen molar-refractivity contribution in [3.63, 3.8) is 0 Å². The number of amides is 1. The van der Waals surface area contributed by atoms with E-state index >= 15 is 0 Å². The molecule has 0 aliphatic carbocycles. The summed E-state index contributed by atoms with van der Waals surface area (Å²) in [5.74, 6) is -0.700. The monoisotopic (exact) mass is 263 g/mol. The Bertz CT molecular complexity index is 390. The van der Waals surface area contributed by atoms with Crippen LogP contribution in [0.2, 0.25) is 0 Å². The van der Waals surface area contributed by atoms with Crippen LogP contribution in [0, 0.1) is 0 Å². The van der Waals surface area contributed by atoms with Crippen molar-refractivity contribution < 1.29 is 14.7 Å². The van der Waals surface area contributed by atoms with Crippen LogP contribution in [0.4, 0.5) is 0 Å². The van der Waals surface area contributed by atoms with Crippen LogP contribution in [0.25, 0.3) is 0 Å². The summed E-state index contributed by atoms with van der Waals surface area (Å²) in [6.45, 7) is 0.632. The van der Waals surface area contributed by atoms with Crippen molar-refractivity contribution in [2.24, 2.45) is 0 Å². The van der Waals surface area contributed by atoms with Crippen LogP contribution in [-0.2, 0) is 16.0 Å². The quantitative estimate of drug-likeness (QED) is 0.672. The van der Waals surface area contributed by atoms with Gasteiger partial charge in [-0.2, -0.15) is 0 Å². The first-order valence-electron chi connectivity index (χ1n) is 6.71. The van der Waals surface area contributed by atoms with Crippen LogP contribution in [-0.4, -0.2) is 23.5 Å². The Hall–Kier alpha value is -1.84. The average Bonchev–Trinajstić information content (AvgIpc) is 2.41. The molecule has 4 heteroatoms. The van der Waals surface area contributed by atoms with Crippen molar-refractivity contribution in [3.8, 4) is 0 Å². The van der Waals surface area contributed by atoms with Gasteiger partial charge in [0.05, 0.1) is 0 Å². The van der Waals surface area contributed by atoms with E-state index in [4.69, 9.17) is 5.11 Å². The fourth-order valence-electron chi connectivity index (χ4n) is 1.80. The normalized spacial score (nSPS) is 10.1. The zero-order valence-electron chi connectivity index (χ0n) is 11.1. The largest absolute Gasteiger partial charge is 0.481 e. The fraction of sp³-hybridized carbons (Fsp3) is 0.467. The summed E-state index contributed by atoms with van der Waals surface area (Å²) in [6, 6.07) is 9.92. The van der Waals surface area contributed by atoms with E-state index in [9.17, 15) is 9.59 Å². The van der Waals surface area contributed by atoms with Crippen LogP contribution in [0.15, 0.2) is 30.3 Å². The Morgan fingerprint density at radius 1 is 1.00 bits per heavy atom. The summed E-state index contributed by atoms with van der Waals surface area (Å²) in [4.78, 5) is 21.8. The van der Waals surface area contributed by atoms with Crippen LogP contribution >= 0.6 is 0 Å². The Kier molecular flexibility index (Phi) is 7.32. The Labute approximate surface area is 113 Å². The van der Waals surface area contributed by atoms with E-state index < -0.39 is 5.97 Å². The van der Waals surface area contributed by atoms with Gasteiger partial charge < -0.3 is 10.4 Å². The van der Waals surface area contributed by atoms with Gasteiger partial charge in [0.1, 0.15) is 0 Å². The number of carboxylic acids is 1. The second kappa shape index (κ2) is 9.14. The van der Waals surface area contributed by atoms with Crippen molar-refractivity contribution in [2.75, 3.05) is 6.54 Å². The Morgan fingerprint density at radius 2 is 1.74 bits per heavy atom. The number of rotatable bonds is 9. The van der Waals surface area contributed by atoms with Crippen LogP contribution in [0.5, 0.6) is 0 Å². The van der Waals surface area contributed by atoms with Crippen molar-refractivity contribution in [3.05, 3.63) is 35.9 Å². The number of benzene rings is 1. The summed E-state index contributed by atoms with van der Waals surface area (Å²) in [5.41, 5.74) is 1.17. The third-order valence-electron chi connectivity index (χ3n) is 2.87. The molecule has 0 atom stereocenters. The van der Waals surface area contributed by atoms with E-state index in [1.165, 1.54) is 5.56 Å². The number of aliphatic carboxylic acids is 1. The minimum absolute atomic E-state index is 0.0575. The number of hydrogen-bond acceptors (Lipinski definition) is 2. The zero-order chi connectivity index (χ0) is 13.9. The molecule has 0 saturated heterocycles. The van der Waals surface area contributed by atoms with Gasteiger partial charge in [0, 0.05) is 19.4 Å². The van der Waals surface area contributed by atoms with E-state index in [1.54, 1.807) is 0 Å². The highest BCUT2D eigenvalue weighted by Crippen LogP contribution is 2.02. The molecule has 1 amide bonds. The zero-order valence-corrected chi connectivity index (χ0v) is 11.1. The van der Waals surface area contributed by atoms with Crippen molar-refractivity contribution in [1.82, 2.24) is 5.32 Å². The first-order valence-corrected chi connectivity index (χ1v) is 6.71. The van der Waals surface area contributed by atoms with Crippen molar-refractivity contribution in [2.45, 2.75) is 38.5 Å². The molecule has 4 nitrogen and oxygen atoms in total. The minimum atomic E-state index is -0.758. The third kappa shape index (κ3) is 7.97. The summed E-state index contributed by atoms with van der Waals surface area (Å²) in [5, 5.41) is 11.3. The van der Waals surface area contributed by atoms with Crippen molar-refractivity contribution in [1.29, 1.82) is 0 Å². The number of carbonyl (C=O) groups is 2. The van der Waals surface area contributed by atoms with Gasteiger partial charge in [0.15, 0.2) is 0 Å². The maximum Gasteiger partial charge on any atom is 0.303 e. The number of aryl methyl sites for hydroxylation is 1. The van der Waals surface area contributed by atoms with E-state index in [0.717, 1.165) is 19.3 Å². The number of unbranched alkanes of at least 4 members (excludes halogenated alkanes) is 2. The van der Waals surface area contributed by atoms with Gasteiger partial charge in [-0.05, 0) is 24.8 Å². The van der Waals surface area contributed by atoms with Gasteiger partial charge in [0.25, 0.3) is 0 Å². The molecular formula is C15H21NO3. The second-order valence-corrected chi connectivity index (χ2v) is 4.54. The van der Waals surface area contributed by atoms with Crippen LogP contribution < -0.4 is 5.32 Å². The van der Waals surface area contributed by atoms with E-state index in [2.05, 4.69) is 5.32 Å². The number of carbonyl (C=O) groups excluding carboxylic acids is 1. The molecule has 19 heavy (non-hydrogen) atoms. The maximum absolute atomic E-state index is 11.6. The first kappa shape index (κ1) is 15.2. The lowest BCUT2D eigenvalue weighted by molar-refractivity contribution is -0.137. The van der Waals surface area contributed by atoms with E-state index in [1.807, 2.05) is 30.3 Å². The molecule has 1 rings (SSSR count). The van der Waals surface area contributed by atoms with Gasteiger partial charge in [-0.25, -0.2) is 0 Å². The molecule has 0 fully saturated rings. The van der Waals surface area contributed by atoms with Gasteiger partial charge >= 0.3 is 5.97 Å². The minimum Gasteiger partial charge on any atom is -0.481 e. The second-order valence-electron chi connectivity index (χ2n) is 4.54. The Morgan fingerprint density at radius 3 is 2.42 bits per heavy atom. The highest BCUT2D eigenvalue weighted by molar-refractivity contribution is 5.76. The third-order valence-corrected chi connectivity index (χ3v) is 2.87. The number of hydrogen-bond donors (Lipinski definition) is 2. The summed E-state index contributed by atoms with van der Waals surface area (Å²) in [7, 11) is 0. The molecule has 104 valence electrons. The van der Waals surface area contributed by atoms with Crippen LogP contribution in [0.3, 0.4) is 0 Å². The standard InChI is InChI=1S/C15H21NO3/c17-14(11-10-13-7-3-1-4-8-13)16-12-6-2-5-9-15(18)19/h1,3-4,7-8H,2,5-6,9-12H2,(H,16,17)(H,18,19). The van der Waals surface area contributed by atoms with Gasteiger partial charge in [-0.3, -0.25) is 9.59 Å². The molecule has 1 aromatic carbocycles. The molecule has 0 saturated carbocycles. The van der Waals surface area contributed by atoms with Gasteiger partial charge in [-0.1, -0.05) is 36.8 Å². The highest BCUT2D eigenvalue weighted by Gasteiger charge is 2.01. The molecule has 2 N–H and O–H groups in total. The predicted octanol–water partition coefficient (Wildman–Crippen LogP) is 2.38. The summed E-state index contributed by atoms with van der Waals surface area (Å²) >= 11 is 0. The molecular weight excluding hydrogens is 242 g/mol. The Balaban J connectivity index is 2.01. The highest BCUT2D eigenvalue weighted by atomic mass is 16.4. The number of carboxylic acid groups (broad SMARTS) is 1. The molecule has 0 aliphatic rings. The van der Waals surface area contributed by atoms with Crippen molar-refractivity contribution >= 4 is 11.9 Å². The van der Waals surface area contributed by atoms with Crippen LogP contribution in [0.1, 0.15) is 37.7 Å². The average molecular weight is 263 g/mol. The molecule has 0 aromatic heterocycles. The fourth-order valence-corrected chi connectivity index (χ4v) is 1.80. The SMILES string of the molecule is O=C(O)CCCCCNC(=O)CCc1ccccc1. The lowest BCUT2D eigenvalue weighted by atomic mass is 10.1. The molecule has 0 spiro atoms. The summed E-state index contributed by atoms with van der Waals surface area (Å²) < 4.78 is 0.